The lowest BCUT2D eigenvalue weighted by Gasteiger charge is -2.16. The standard InChI is InChI=1S/C25H21F3N3O2S/c1-3-23(32)16-8-13-22-21(14-16)30-24(29-18-9-11-19(12-10-18)34(2)33)31(22)15-17-6-4-5-7-20(17)25(26,27)28/h4-14H,2-3,15H2,1H3,(H,29,30)/q-1. The van der Waals surface area contributed by atoms with Crippen molar-refractivity contribution in [2.75, 3.05) is 5.32 Å². The van der Waals surface area contributed by atoms with Gasteiger partial charge >= 0.3 is 6.18 Å². The van der Waals surface area contributed by atoms with Crippen LogP contribution in [0.15, 0.2) is 71.6 Å². The van der Waals surface area contributed by atoms with E-state index in [1.165, 1.54) is 12.1 Å². The smallest absolute Gasteiger partial charge is 0.416 e. The number of hydrogen-bond acceptors (Lipinski definition) is 5. The van der Waals surface area contributed by atoms with Crippen molar-refractivity contribution in [1.29, 1.82) is 0 Å². The van der Waals surface area contributed by atoms with Gasteiger partial charge in [0.1, 0.15) is 0 Å². The van der Waals surface area contributed by atoms with Gasteiger partial charge in [0, 0.05) is 17.7 Å². The quantitative estimate of drug-likeness (QED) is 0.193. The Kier molecular flexibility index (Phi) is 6.47. The Hall–Kier alpha value is -3.59. The average Bonchev–Trinajstić information content (AvgIpc) is 3.14. The number of Topliss-reactive ketones (excluding diaryl/α,β-unsaturated/α-hetero) is 1. The summed E-state index contributed by atoms with van der Waals surface area (Å²) in [4.78, 5) is 17.3. The van der Waals surface area contributed by atoms with Crippen LogP contribution in [-0.2, 0) is 27.3 Å². The van der Waals surface area contributed by atoms with Crippen LogP contribution in [-0.4, -0.2) is 21.2 Å². The first-order valence-electron chi connectivity index (χ1n) is 10.4. The molecular formula is C25H21F3N3O2S-. The van der Waals surface area contributed by atoms with E-state index in [9.17, 15) is 22.2 Å². The van der Waals surface area contributed by atoms with Crippen LogP contribution in [0.5, 0.6) is 0 Å². The fourth-order valence-electron chi connectivity index (χ4n) is 3.69. The molecule has 0 saturated carbocycles. The van der Waals surface area contributed by atoms with Crippen molar-refractivity contribution in [3.8, 4) is 0 Å². The molecule has 0 fully saturated rings. The summed E-state index contributed by atoms with van der Waals surface area (Å²) in [7, 11) is -1.38. The van der Waals surface area contributed by atoms with E-state index < -0.39 is 22.1 Å². The number of benzene rings is 3. The van der Waals surface area contributed by atoms with Crippen LogP contribution in [0.2, 0.25) is 0 Å². The average molecular weight is 485 g/mol. The highest BCUT2D eigenvalue weighted by Gasteiger charge is 2.33. The van der Waals surface area contributed by atoms with Crippen molar-refractivity contribution in [2.24, 2.45) is 0 Å². The number of imidazole rings is 1. The molecule has 176 valence electrons. The summed E-state index contributed by atoms with van der Waals surface area (Å²) < 4.78 is 54.0. The van der Waals surface area contributed by atoms with E-state index in [-0.39, 0.29) is 17.9 Å². The molecule has 1 heterocycles. The Balaban J connectivity index is 1.82. The fourth-order valence-corrected chi connectivity index (χ4v) is 4.13. The van der Waals surface area contributed by atoms with Gasteiger partial charge in [0.15, 0.2) is 5.78 Å². The van der Waals surface area contributed by atoms with Gasteiger partial charge in [-0.15, -0.1) is 4.90 Å². The molecule has 0 aliphatic rings. The van der Waals surface area contributed by atoms with E-state index in [1.807, 2.05) is 0 Å². The highest BCUT2D eigenvalue weighted by atomic mass is 32.2. The van der Waals surface area contributed by atoms with E-state index in [2.05, 4.69) is 16.2 Å². The number of rotatable bonds is 7. The molecule has 4 aromatic rings. The third-order valence-electron chi connectivity index (χ3n) is 5.42. The van der Waals surface area contributed by atoms with E-state index in [0.717, 1.165) is 6.07 Å². The zero-order valence-electron chi connectivity index (χ0n) is 18.2. The topological polar surface area (TPSA) is 64.0 Å². The third kappa shape index (κ3) is 4.84. The Bertz CT molecular complexity index is 1430. The predicted molar refractivity (Wildman–Crippen MR) is 128 cm³/mol. The monoisotopic (exact) mass is 484 g/mol. The van der Waals surface area contributed by atoms with Crippen molar-refractivity contribution in [1.82, 2.24) is 9.55 Å². The fraction of sp³-hybridized carbons (Fsp3) is 0.160. The Morgan fingerprint density at radius 2 is 1.79 bits per heavy atom. The molecule has 3 aromatic carbocycles. The zero-order valence-corrected chi connectivity index (χ0v) is 19.0. The van der Waals surface area contributed by atoms with Gasteiger partial charge in [-0.25, -0.2) is 4.98 Å². The minimum absolute atomic E-state index is 0.0508. The van der Waals surface area contributed by atoms with E-state index in [1.54, 1.807) is 60.0 Å². The number of fused-ring (bicyclic) bond motifs is 1. The summed E-state index contributed by atoms with van der Waals surface area (Å²) in [6.07, 6.45) is -4.17. The molecule has 0 radical (unpaired) electrons. The molecule has 0 unspecified atom stereocenters. The van der Waals surface area contributed by atoms with Gasteiger partial charge < -0.3 is 14.1 Å². The molecule has 1 N–H and O–H groups in total. The number of nitrogens with zero attached hydrogens (tertiary/aromatic N) is 2. The van der Waals surface area contributed by atoms with Gasteiger partial charge in [-0.1, -0.05) is 37.3 Å². The van der Waals surface area contributed by atoms with Crippen LogP contribution in [0.25, 0.3) is 11.0 Å². The SMILES string of the molecule is C=[S-](=O)c1ccc(Nc2nc3cc(C(=O)CC)ccc3n2Cc2ccccc2C(F)(F)F)cc1. The minimum Gasteiger partial charge on any atom is -0.457 e. The molecule has 5 nitrogen and oxygen atoms in total. The zero-order chi connectivity index (χ0) is 24.5. The van der Waals surface area contributed by atoms with Crippen LogP contribution in [0.3, 0.4) is 0 Å². The molecule has 0 aliphatic heterocycles. The van der Waals surface area contributed by atoms with Crippen LogP contribution in [0.1, 0.15) is 34.8 Å². The van der Waals surface area contributed by atoms with Gasteiger partial charge in [-0.05, 0) is 42.0 Å². The maximum Gasteiger partial charge on any atom is 0.416 e. The van der Waals surface area contributed by atoms with E-state index in [4.69, 9.17) is 0 Å². The first-order chi connectivity index (χ1) is 16.2. The molecule has 0 aliphatic carbocycles. The Labute approximate surface area is 196 Å². The number of hydrogen-bond donors (Lipinski definition) is 1. The summed E-state index contributed by atoms with van der Waals surface area (Å²) in [5.41, 5.74) is 1.55. The van der Waals surface area contributed by atoms with Crippen LogP contribution in [0.4, 0.5) is 24.8 Å². The van der Waals surface area contributed by atoms with Gasteiger partial charge in [-0.2, -0.15) is 19.0 Å². The van der Waals surface area contributed by atoms with Crippen LogP contribution in [0, 0.1) is 0 Å². The third-order valence-corrected chi connectivity index (χ3v) is 6.21. The van der Waals surface area contributed by atoms with Crippen molar-refractivity contribution < 1.29 is 22.2 Å². The predicted octanol–water partition coefficient (Wildman–Crippen LogP) is 6.19. The van der Waals surface area contributed by atoms with Crippen molar-refractivity contribution in [3.05, 3.63) is 83.4 Å². The second-order valence-corrected chi connectivity index (χ2v) is 8.81. The highest BCUT2D eigenvalue weighted by Crippen LogP contribution is 2.34. The van der Waals surface area contributed by atoms with Crippen molar-refractivity contribution in [2.45, 2.75) is 31.0 Å². The molecule has 9 heteroatoms. The van der Waals surface area contributed by atoms with E-state index in [0.29, 0.717) is 39.5 Å². The summed E-state index contributed by atoms with van der Waals surface area (Å²) >= 11 is 0. The number of halogens is 3. The number of nitrogens with one attached hydrogen (secondary N) is 1. The maximum absolute atomic E-state index is 13.6. The summed E-state index contributed by atoms with van der Waals surface area (Å²) in [5, 5.41) is 3.14. The molecule has 0 amide bonds. The Morgan fingerprint density at radius 3 is 2.44 bits per heavy atom. The molecule has 0 atom stereocenters. The molecule has 4 rings (SSSR count). The van der Waals surface area contributed by atoms with Crippen LogP contribution >= 0.6 is 0 Å². The second-order valence-electron chi connectivity index (χ2n) is 7.65. The van der Waals surface area contributed by atoms with Gasteiger partial charge in [-0.3, -0.25) is 15.2 Å². The van der Waals surface area contributed by atoms with Gasteiger partial charge in [0.05, 0.1) is 23.1 Å². The maximum atomic E-state index is 13.6. The Morgan fingerprint density at radius 1 is 1.09 bits per heavy atom. The van der Waals surface area contributed by atoms with Crippen LogP contribution < -0.4 is 5.32 Å². The number of ketones is 1. The number of carbonyl (C=O) groups excluding carboxylic acids is 1. The van der Waals surface area contributed by atoms with Gasteiger partial charge in [0.25, 0.3) is 0 Å². The summed E-state index contributed by atoms with van der Waals surface area (Å²) in [5.74, 6) is 3.75. The minimum atomic E-state index is -4.50. The van der Waals surface area contributed by atoms with Crippen molar-refractivity contribution >= 4 is 44.7 Å². The first kappa shape index (κ1) is 23.6. The molecular weight excluding hydrogens is 463 g/mol. The molecule has 1 aromatic heterocycles. The number of aromatic nitrogens is 2. The molecule has 0 saturated heterocycles. The molecule has 0 bridgehead atoms. The lowest BCUT2D eigenvalue weighted by molar-refractivity contribution is -0.138. The summed E-state index contributed by atoms with van der Waals surface area (Å²) in [6, 6.07) is 17.1. The lowest BCUT2D eigenvalue weighted by Crippen LogP contribution is -2.12. The lowest BCUT2D eigenvalue weighted by atomic mass is 10.1. The number of anilines is 2. The first-order valence-corrected chi connectivity index (χ1v) is 11.8. The normalized spacial score (nSPS) is 11.8. The van der Waals surface area contributed by atoms with E-state index >= 15 is 0 Å². The summed E-state index contributed by atoms with van der Waals surface area (Å²) in [6.45, 7) is 1.67. The molecule has 34 heavy (non-hydrogen) atoms. The number of alkyl halides is 3. The van der Waals surface area contributed by atoms with Gasteiger partial charge in [0.2, 0.25) is 5.95 Å². The molecule has 0 spiro atoms. The largest absolute Gasteiger partial charge is 0.457 e. The highest BCUT2D eigenvalue weighted by molar-refractivity contribution is 7.82. The number of carbonyl (C=O) groups is 1. The second kappa shape index (κ2) is 9.34. The van der Waals surface area contributed by atoms with Crippen molar-refractivity contribution in [3.63, 3.8) is 0 Å².